The number of hydrogen-bond donors (Lipinski definition) is 1. The van der Waals surface area contributed by atoms with Crippen LogP contribution in [0.2, 0.25) is 0 Å². The second-order valence-electron chi connectivity index (χ2n) is 5.70. The van der Waals surface area contributed by atoms with E-state index in [2.05, 4.69) is 10.3 Å². The summed E-state index contributed by atoms with van der Waals surface area (Å²) < 4.78 is 10.8. The van der Waals surface area contributed by atoms with Gasteiger partial charge in [0.2, 0.25) is 5.91 Å². The van der Waals surface area contributed by atoms with E-state index >= 15 is 0 Å². The van der Waals surface area contributed by atoms with E-state index < -0.39 is 4.92 Å². The van der Waals surface area contributed by atoms with Crippen molar-refractivity contribution in [1.82, 2.24) is 4.98 Å². The van der Waals surface area contributed by atoms with Crippen molar-refractivity contribution >= 4 is 17.3 Å². The first-order valence-corrected chi connectivity index (χ1v) is 8.18. The molecule has 0 aliphatic carbocycles. The maximum atomic E-state index is 12.0. The number of hydrogen-bond acceptors (Lipinski definition) is 6. The molecule has 0 unspecified atom stereocenters. The molecule has 0 radical (unpaired) electrons. The lowest BCUT2D eigenvalue weighted by Crippen LogP contribution is -2.12. The molecule has 0 atom stereocenters. The van der Waals surface area contributed by atoms with Crippen molar-refractivity contribution < 1.29 is 18.9 Å². The fraction of sp³-hybridized carbons (Fsp3) is 0.158. The number of carbonyl (C=O) groups is 1. The number of methoxy groups -OCH3 is 1. The molecule has 0 aliphatic heterocycles. The number of anilines is 1. The summed E-state index contributed by atoms with van der Waals surface area (Å²) >= 11 is 0. The lowest BCUT2D eigenvalue weighted by atomic mass is 10.2. The molecule has 0 aliphatic rings. The number of amides is 1. The number of benzene rings is 2. The summed E-state index contributed by atoms with van der Waals surface area (Å²) in [5.41, 5.74) is 1.15. The Bertz CT molecular complexity index is 950. The molecule has 138 valence electrons. The Kier molecular flexibility index (Phi) is 5.46. The van der Waals surface area contributed by atoms with E-state index in [4.69, 9.17) is 9.15 Å². The normalized spacial score (nSPS) is 10.4. The second-order valence-corrected chi connectivity index (χ2v) is 5.70. The van der Waals surface area contributed by atoms with Crippen LogP contribution in [0.25, 0.3) is 11.3 Å². The minimum atomic E-state index is -0.511. The van der Waals surface area contributed by atoms with Crippen LogP contribution in [-0.2, 0) is 11.2 Å². The van der Waals surface area contributed by atoms with Crippen LogP contribution >= 0.6 is 0 Å². The van der Waals surface area contributed by atoms with Gasteiger partial charge in [-0.15, -0.1) is 0 Å². The molecule has 1 aromatic heterocycles. The van der Waals surface area contributed by atoms with Gasteiger partial charge in [-0.2, -0.15) is 0 Å². The SMILES string of the molecule is COc1ccc(-c2cnc(CCC(=O)Nc3cccc([N+](=O)[O-])c3)o2)cc1. The second kappa shape index (κ2) is 8.13. The average Bonchev–Trinajstić information content (AvgIpc) is 3.16. The van der Waals surface area contributed by atoms with Crippen LogP contribution in [0.1, 0.15) is 12.3 Å². The number of carbonyl (C=O) groups excluding carboxylic acids is 1. The molecule has 0 bridgehead atoms. The van der Waals surface area contributed by atoms with Gasteiger partial charge in [-0.1, -0.05) is 6.07 Å². The highest BCUT2D eigenvalue weighted by molar-refractivity contribution is 5.91. The van der Waals surface area contributed by atoms with E-state index in [0.29, 0.717) is 23.8 Å². The van der Waals surface area contributed by atoms with Gasteiger partial charge >= 0.3 is 0 Å². The maximum Gasteiger partial charge on any atom is 0.271 e. The molecule has 0 spiro atoms. The summed E-state index contributed by atoms with van der Waals surface area (Å²) in [7, 11) is 1.60. The summed E-state index contributed by atoms with van der Waals surface area (Å²) in [5.74, 6) is 1.51. The molecule has 1 amide bonds. The predicted molar refractivity (Wildman–Crippen MR) is 98.5 cm³/mol. The predicted octanol–water partition coefficient (Wildman–Crippen LogP) is 3.83. The smallest absolute Gasteiger partial charge is 0.271 e. The minimum Gasteiger partial charge on any atom is -0.497 e. The monoisotopic (exact) mass is 367 g/mol. The summed E-state index contributed by atoms with van der Waals surface area (Å²) in [6.07, 6.45) is 2.07. The Labute approximate surface area is 154 Å². The lowest BCUT2D eigenvalue weighted by molar-refractivity contribution is -0.384. The van der Waals surface area contributed by atoms with Gasteiger partial charge in [0.05, 0.1) is 18.2 Å². The number of oxazole rings is 1. The average molecular weight is 367 g/mol. The molecular formula is C19H17N3O5. The van der Waals surface area contributed by atoms with Gasteiger partial charge in [0.1, 0.15) is 5.75 Å². The Morgan fingerprint density at radius 1 is 1.26 bits per heavy atom. The Morgan fingerprint density at radius 3 is 2.74 bits per heavy atom. The van der Waals surface area contributed by atoms with Crippen LogP contribution in [0, 0.1) is 10.1 Å². The van der Waals surface area contributed by atoms with E-state index in [1.54, 1.807) is 19.4 Å². The highest BCUT2D eigenvalue weighted by Gasteiger charge is 2.11. The highest BCUT2D eigenvalue weighted by atomic mass is 16.6. The van der Waals surface area contributed by atoms with Crippen LogP contribution in [0.4, 0.5) is 11.4 Å². The van der Waals surface area contributed by atoms with Crippen LogP contribution in [0.5, 0.6) is 5.75 Å². The number of nitrogens with one attached hydrogen (secondary N) is 1. The van der Waals surface area contributed by atoms with Crippen molar-refractivity contribution in [3.05, 3.63) is 70.7 Å². The Morgan fingerprint density at radius 2 is 2.04 bits per heavy atom. The fourth-order valence-electron chi connectivity index (χ4n) is 2.46. The van der Waals surface area contributed by atoms with Crippen molar-refractivity contribution in [2.45, 2.75) is 12.8 Å². The molecule has 1 N–H and O–H groups in total. The van der Waals surface area contributed by atoms with Crippen molar-refractivity contribution in [2.24, 2.45) is 0 Å². The number of nitro benzene ring substituents is 1. The topological polar surface area (TPSA) is 108 Å². The zero-order chi connectivity index (χ0) is 19.2. The fourth-order valence-corrected chi connectivity index (χ4v) is 2.46. The first-order chi connectivity index (χ1) is 13.0. The maximum absolute atomic E-state index is 12.0. The molecule has 27 heavy (non-hydrogen) atoms. The summed E-state index contributed by atoms with van der Waals surface area (Å²) in [6, 6.07) is 13.2. The van der Waals surface area contributed by atoms with Crippen molar-refractivity contribution in [2.75, 3.05) is 12.4 Å². The van der Waals surface area contributed by atoms with Gasteiger partial charge in [0.25, 0.3) is 5.69 Å². The van der Waals surface area contributed by atoms with Gasteiger partial charge in [0.15, 0.2) is 11.7 Å². The van der Waals surface area contributed by atoms with E-state index in [9.17, 15) is 14.9 Å². The Hall–Kier alpha value is -3.68. The number of aryl methyl sites for hydroxylation is 1. The van der Waals surface area contributed by atoms with E-state index in [-0.39, 0.29) is 18.0 Å². The molecule has 1 heterocycles. The largest absolute Gasteiger partial charge is 0.497 e. The van der Waals surface area contributed by atoms with Crippen molar-refractivity contribution in [3.63, 3.8) is 0 Å². The van der Waals surface area contributed by atoms with Gasteiger partial charge < -0.3 is 14.5 Å². The summed E-state index contributed by atoms with van der Waals surface area (Å²) in [5, 5.41) is 13.4. The van der Waals surface area contributed by atoms with Gasteiger partial charge in [-0.25, -0.2) is 4.98 Å². The first kappa shape index (κ1) is 18.1. The first-order valence-electron chi connectivity index (χ1n) is 8.18. The van der Waals surface area contributed by atoms with Gasteiger partial charge in [-0.05, 0) is 30.3 Å². The lowest BCUT2D eigenvalue weighted by Gasteiger charge is -2.04. The molecule has 2 aromatic carbocycles. The third-order valence-corrected chi connectivity index (χ3v) is 3.83. The molecule has 8 heteroatoms. The van der Waals surface area contributed by atoms with E-state index in [1.807, 2.05) is 24.3 Å². The number of nitrogens with zero attached hydrogens (tertiary/aromatic N) is 2. The molecule has 0 saturated carbocycles. The zero-order valence-electron chi connectivity index (χ0n) is 14.5. The number of ether oxygens (including phenoxy) is 1. The van der Waals surface area contributed by atoms with Crippen molar-refractivity contribution in [1.29, 1.82) is 0 Å². The van der Waals surface area contributed by atoms with E-state index in [1.165, 1.54) is 18.2 Å². The molecule has 8 nitrogen and oxygen atoms in total. The number of aromatic nitrogens is 1. The summed E-state index contributed by atoms with van der Waals surface area (Å²) in [6.45, 7) is 0. The standard InChI is InChI=1S/C19H17N3O5/c1-26-16-7-5-13(6-8-16)17-12-20-19(27-17)10-9-18(23)21-14-3-2-4-15(11-14)22(24)25/h2-8,11-12H,9-10H2,1H3,(H,21,23). The van der Waals surface area contributed by atoms with Crippen LogP contribution in [0.3, 0.4) is 0 Å². The van der Waals surface area contributed by atoms with Crippen molar-refractivity contribution in [3.8, 4) is 17.1 Å². The van der Waals surface area contributed by atoms with Gasteiger partial charge in [0, 0.05) is 36.2 Å². The molecule has 3 rings (SSSR count). The number of nitro groups is 1. The Balaban J connectivity index is 1.57. The molecule has 3 aromatic rings. The zero-order valence-corrected chi connectivity index (χ0v) is 14.5. The minimum absolute atomic E-state index is 0.0790. The van der Waals surface area contributed by atoms with Crippen LogP contribution in [-0.4, -0.2) is 22.9 Å². The molecule has 0 saturated heterocycles. The summed E-state index contributed by atoms with van der Waals surface area (Å²) in [4.78, 5) is 26.5. The third-order valence-electron chi connectivity index (χ3n) is 3.83. The quantitative estimate of drug-likeness (QED) is 0.502. The number of rotatable bonds is 7. The highest BCUT2D eigenvalue weighted by Crippen LogP contribution is 2.23. The van der Waals surface area contributed by atoms with Crippen LogP contribution < -0.4 is 10.1 Å². The van der Waals surface area contributed by atoms with Gasteiger partial charge in [-0.3, -0.25) is 14.9 Å². The molecule has 0 fully saturated rings. The third kappa shape index (κ3) is 4.69. The molecular weight excluding hydrogens is 350 g/mol. The van der Waals surface area contributed by atoms with Crippen LogP contribution in [0.15, 0.2) is 59.1 Å². The number of non-ortho nitro benzene ring substituents is 1. The van der Waals surface area contributed by atoms with E-state index in [0.717, 1.165) is 11.3 Å².